The third-order valence-corrected chi connectivity index (χ3v) is 3.37. The average molecular weight is 271 g/mol. The molecule has 102 valence electrons. The summed E-state index contributed by atoms with van der Waals surface area (Å²) in [5, 5.41) is 1.32. The number of para-hydroxylation sites is 1. The van der Waals surface area contributed by atoms with Crippen molar-refractivity contribution in [3.63, 3.8) is 0 Å². The summed E-state index contributed by atoms with van der Waals surface area (Å²) in [7, 11) is 0. The second kappa shape index (κ2) is 4.56. The largest absolute Gasteiger partial charge is 0.280 e. The fraction of sp³-hybridized carbons (Fsp3) is 0.286. The third kappa shape index (κ3) is 1.80. The van der Waals surface area contributed by atoms with E-state index in [1.54, 1.807) is 31.2 Å². The number of amides is 2. The van der Waals surface area contributed by atoms with E-state index in [2.05, 4.69) is 4.98 Å². The van der Waals surface area contributed by atoms with Crippen LogP contribution in [0.15, 0.2) is 29.1 Å². The van der Waals surface area contributed by atoms with Crippen molar-refractivity contribution in [3.05, 3.63) is 40.4 Å². The van der Waals surface area contributed by atoms with E-state index in [1.807, 2.05) is 0 Å². The fourth-order valence-electron chi connectivity index (χ4n) is 2.44. The Labute approximate surface area is 114 Å². The first-order valence-electron chi connectivity index (χ1n) is 6.44. The van der Waals surface area contributed by atoms with Crippen LogP contribution in [0.1, 0.15) is 25.1 Å². The van der Waals surface area contributed by atoms with Crippen molar-refractivity contribution in [2.45, 2.75) is 26.2 Å². The second-order valence-electron chi connectivity index (χ2n) is 4.75. The Morgan fingerprint density at radius 3 is 2.40 bits per heavy atom. The highest BCUT2D eigenvalue weighted by atomic mass is 16.2. The monoisotopic (exact) mass is 271 g/mol. The summed E-state index contributed by atoms with van der Waals surface area (Å²) >= 11 is 0. The number of hydrogen-bond acceptors (Lipinski definition) is 4. The van der Waals surface area contributed by atoms with Crippen molar-refractivity contribution >= 4 is 22.7 Å². The lowest BCUT2D eigenvalue weighted by molar-refractivity contribution is -0.131. The number of aryl methyl sites for hydroxylation is 1. The molecule has 0 atom stereocenters. The number of aromatic nitrogens is 2. The zero-order valence-corrected chi connectivity index (χ0v) is 11.0. The summed E-state index contributed by atoms with van der Waals surface area (Å²) in [5.41, 5.74) is 0.167. The van der Waals surface area contributed by atoms with Crippen LogP contribution in [0.4, 0.5) is 0 Å². The van der Waals surface area contributed by atoms with Crippen LogP contribution in [0.25, 0.3) is 10.9 Å². The summed E-state index contributed by atoms with van der Waals surface area (Å²) < 4.78 is 1.09. The molecule has 1 aliphatic rings. The first-order chi connectivity index (χ1) is 9.59. The highest BCUT2D eigenvalue weighted by molar-refractivity contribution is 6.10. The van der Waals surface area contributed by atoms with Gasteiger partial charge in [0.1, 0.15) is 5.82 Å². The molecule has 0 aliphatic carbocycles. The number of nitrogens with zero attached hydrogens (tertiary/aromatic N) is 3. The SMILES string of the molecule is Cc1nc2ccccc2c(=O)n1N1C(=O)CCCC1=O. The number of carbonyl (C=O) groups excluding carboxylic acids is 2. The van der Waals surface area contributed by atoms with Crippen LogP contribution < -0.4 is 10.6 Å². The number of benzene rings is 1. The summed E-state index contributed by atoms with van der Waals surface area (Å²) in [5.74, 6) is -0.385. The molecule has 1 fully saturated rings. The molecule has 20 heavy (non-hydrogen) atoms. The quantitative estimate of drug-likeness (QED) is 0.722. The highest BCUT2D eigenvalue weighted by Gasteiger charge is 2.30. The van der Waals surface area contributed by atoms with Crippen LogP contribution in [0, 0.1) is 6.92 Å². The molecule has 0 unspecified atom stereocenters. The zero-order valence-electron chi connectivity index (χ0n) is 11.0. The first kappa shape index (κ1) is 12.5. The van der Waals surface area contributed by atoms with Gasteiger partial charge in [-0.25, -0.2) is 4.98 Å². The first-order valence-corrected chi connectivity index (χ1v) is 6.44. The Morgan fingerprint density at radius 2 is 1.70 bits per heavy atom. The molecule has 0 bridgehead atoms. The zero-order chi connectivity index (χ0) is 14.3. The van der Waals surface area contributed by atoms with Crippen LogP contribution in [-0.2, 0) is 9.59 Å². The van der Waals surface area contributed by atoms with Gasteiger partial charge >= 0.3 is 0 Å². The predicted molar refractivity (Wildman–Crippen MR) is 72.8 cm³/mol. The van der Waals surface area contributed by atoms with Crippen molar-refractivity contribution in [1.29, 1.82) is 0 Å². The Balaban J connectivity index is 2.28. The van der Waals surface area contributed by atoms with E-state index in [4.69, 9.17) is 0 Å². The van der Waals surface area contributed by atoms with Crippen molar-refractivity contribution < 1.29 is 9.59 Å². The number of piperidine rings is 1. The van der Waals surface area contributed by atoms with Gasteiger partial charge < -0.3 is 0 Å². The van der Waals surface area contributed by atoms with E-state index in [1.165, 1.54) is 0 Å². The van der Waals surface area contributed by atoms with Crippen LogP contribution >= 0.6 is 0 Å². The van der Waals surface area contributed by atoms with Gasteiger partial charge in [0, 0.05) is 12.8 Å². The fourth-order valence-corrected chi connectivity index (χ4v) is 2.44. The van der Waals surface area contributed by atoms with Crippen LogP contribution in [0.3, 0.4) is 0 Å². The number of rotatable bonds is 1. The molecule has 3 rings (SSSR count). The maximum atomic E-state index is 12.5. The number of imide groups is 1. The van der Waals surface area contributed by atoms with Gasteiger partial charge in [-0.15, -0.1) is 0 Å². The molecule has 2 heterocycles. The van der Waals surface area contributed by atoms with E-state index in [0.29, 0.717) is 23.1 Å². The van der Waals surface area contributed by atoms with Crippen molar-refractivity contribution in [2.24, 2.45) is 0 Å². The van der Waals surface area contributed by atoms with Crippen molar-refractivity contribution in [3.8, 4) is 0 Å². The van der Waals surface area contributed by atoms with E-state index < -0.39 is 5.56 Å². The van der Waals surface area contributed by atoms with E-state index in [9.17, 15) is 14.4 Å². The topological polar surface area (TPSA) is 72.3 Å². The molecular formula is C14H13N3O3. The second-order valence-corrected chi connectivity index (χ2v) is 4.75. The molecule has 6 heteroatoms. The van der Waals surface area contributed by atoms with Gasteiger partial charge in [-0.2, -0.15) is 9.69 Å². The van der Waals surface area contributed by atoms with Crippen LogP contribution in [-0.4, -0.2) is 21.5 Å². The predicted octanol–water partition coefficient (Wildman–Crippen LogP) is 0.880. The minimum absolute atomic E-state index is 0.268. The maximum absolute atomic E-state index is 12.5. The third-order valence-electron chi connectivity index (χ3n) is 3.37. The standard InChI is InChI=1S/C14H13N3O3/c1-9-15-11-6-3-2-5-10(11)14(20)16(9)17-12(18)7-4-8-13(17)19/h2-3,5-6H,4,7-8H2,1H3. The van der Waals surface area contributed by atoms with E-state index >= 15 is 0 Å². The molecule has 0 saturated carbocycles. The average Bonchev–Trinajstić information content (AvgIpc) is 2.42. The molecule has 2 amide bonds. The molecule has 1 aromatic carbocycles. The smallest absolute Gasteiger partial charge is 0.273 e. The molecule has 0 radical (unpaired) electrons. The van der Waals surface area contributed by atoms with E-state index in [-0.39, 0.29) is 24.7 Å². The highest BCUT2D eigenvalue weighted by Crippen LogP contribution is 2.13. The Hall–Kier alpha value is -2.50. The molecule has 1 aliphatic heterocycles. The molecule has 0 N–H and O–H groups in total. The summed E-state index contributed by atoms with van der Waals surface area (Å²) in [6, 6.07) is 6.88. The van der Waals surface area contributed by atoms with Gasteiger partial charge in [0.15, 0.2) is 0 Å². The van der Waals surface area contributed by atoms with Crippen LogP contribution in [0.2, 0.25) is 0 Å². The number of fused-ring (bicyclic) bond motifs is 1. The van der Waals surface area contributed by atoms with Crippen LogP contribution in [0.5, 0.6) is 0 Å². The minimum Gasteiger partial charge on any atom is -0.273 e. The number of hydrogen-bond donors (Lipinski definition) is 0. The van der Waals surface area contributed by atoms with Crippen molar-refractivity contribution in [2.75, 3.05) is 5.01 Å². The summed E-state index contributed by atoms with van der Waals surface area (Å²) in [6.07, 6.45) is 1.07. The molecule has 2 aromatic rings. The Morgan fingerprint density at radius 1 is 1.05 bits per heavy atom. The lowest BCUT2D eigenvalue weighted by atomic mass is 10.1. The van der Waals surface area contributed by atoms with Gasteiger partial charge in [0.05, 0.1) is 10.9 Å². The summed E-state index contributed by atoms with van der Waals surface area (Å²) in [4.78, 5) is 40.7. The minimum atomic E-state index is -0.392. The molecule has 1 aromatic heterocycles. The van der Waals surface area contributed by atoms with Crippen molar-refractivity contribution in [1.82, 2.24) is 9.66 Å². The van der Waals surface area contributed by atoms with Gasteiger partial charge in [-0.05, 0) is 25.5 Å². The maximum Gasteiger partial charge on any atom is 0.280 e. The van der Waals surface area contributed by atoms with Gasteiger partial charge in [0.2, 0.25) is 11.8 Å². The molecular weight excluding hydrogens is 258 g/mol. The lowest BCUT2D eigenvalue weighted by Crippen LogP contribution is -2.53. The normalized spacial score (nSPS) is 15.9. The Kier molecular flexibility index (Phi) is 2.85. The summed E-state index contributed by atoms with van der Waals surface area (Å²) in [6.45, 7) is 1.61. The Bertz CT molecular complexity index is 763. The molecule has 1 saturated heterocycles. The van der Waals surface area contributed by atoms with Gasteiger partial charge in [0.25, 0.3) is 5.56 Å². The molecule has 6 nitrogen and oxygen atoms in total. The van der Waals surface area contributed by atoms with Gasteiger partial charge in [-0.3, -0.25) is 14.4 Å². The van der Waals surface area contributed by atoms with Gasteiger partial charge in [-0.1, -0.05) is 12.1 Å². The number of carbonyl (C=O) groups is 2. The lowest BCUT2D eigenvalue weighted by Gasteiger charge is -2.27. The van der Waals surface area contributed by atoms with E-state index in [0.717, 1.165) is 9.69 Å². The molecule has 0 spiro atoms.